The van der Waals surface area contributed by atoms with Crippen molar-refractivity contribution in [2.75, 3.05) is 20.3 Å². The van der Waals surface area contributed by atoms with Gasteiger partial charge in [-0.3, -0.25) is 9.78 Å². The van der Waals surface area contributed by atoms with Crippen molar-refractivity contribution in [2.45, 2.75) is 26.2 Å². The van der Waals surface area contributed by atoms with Gasteiger partial charge in [-0.2, -0.15) is 5.10 Å². The molecule has 0 spiro atoms. The lowest BCUT2D eigenvalue weighted by Gasteiger charge is -2.23. The number of methoxy groups -OCH3 is 1. The highest BCUT2D eigenvalue weighted by Crippen LogP contribution is 2.33. The molecule has 1 aliphatic heterocycles. The van der Waals surface area contributed by atoms with Crippen molar-refractivity contribution in [3.63, 3.8) is 0 Å². The zero-order valence-corrected chi connectivity index (χ0v) is 16.6. The first-order valence-corrected chi connectivity index (χ1v) is 9.49. The van der Waals surface area contributed by atoms with Crippen LogP contribution >= 0.6 is 0 Å². The van der Waals surface area contributed by atoms with Crippen LogP contribution in [-0.4, -0.2) is 48.1 Å². The van der Waals surface area contributed by atoms with Gasteiger partial charge in [0.15, 0.2) is 18.1 Å². The summed E-state index contributed by atoms with van der Waals surface area (Å²) in [6, 6.07) is 9.15. The lowest BCUT2D eigenvalue weighted by Crippen LogP contribution is -2.34. The van der Waals surface area contributed by atoms with Crippen LogP contribution in [0.3, 0.4) is 0 Å². The molecule has 0 atom stereocenters. The fraction of sp³-hybridized carbons (Fsp3) is 0.333. The van der Waals surface area contributed by atoms with Crippen LogP contribution in [0.15, 0.2) is 53.0 Å². The number of benzene rings is 1. The molecule has 0 unspecified atom stereocenters. The molecule has 0 saturated carbocycles. The average Bonchev–Trinajstić information content (AvgIpc) is 2.77. The van der Waals surface area contributed by atoms with E-state index in [0.29, 0.717) is 23.8 Å². The molecule has 152 valence electrons. The largest absolute Gasteiger partial charge is 0.493 e. The monoisotopic (exact) mass is 396 g/mol. The predicted octanol–water partition coefficient (Wildman–Crippen LogP) is 3.62. The second kappa shape index (κ2) is 10.2. The third-order valence-corrected chi connectivity index (χ3v) is 4.21. The van der Waals surface area contributed by atoms with Crippen molar-refractivity contribution in [1.82, 2.24) is 9.99 Å². The van der Waals surface area contributed by atoms with Crippen LogP contribution in [0.2, 0.25) is 0 Å². The number of ether oxygens (including phenoxy) is 2. The van der Waals surface area contributed by atoms with Gasteiger partial charge in [0, 0.05) is 30.7 Å². The molecule has 2 aromatic rings. The molecule has 0 bridgehead atoms. The van der Waals surface area contributed by atoms with Crippen molar-refractivity contribution in [3.05, 3.63) is 48.3 Å². The Balaban J connectivity index is 1.78. The van der Waals surface area contributed by atoms with Crippen molar-refractivity contribution in [1.29, 1.82) is 0 Å². The number of pyridine rings is 1. The summed E-state index contributed by atoms with van der Waals surface area (Å²) in [4.78, 5) is 21.3. The van der Waals surface area contributed by atoms with Gasteiger partial charge in [-0.25, -0.2) is 5.01 Å². The van der Waals surface area contributed by atoms with Crippen LogP contribution in [-0.2, 0) is 9.63 Å². The minimum absolute atomic E-state index is 0.133. The second-order valence-corrected chi connectivity index (χ2v) is 6.29. The lowest BCUT2D eigenvalue weighted by molar-refractivity contribution is -0.136. The molecule has 8 heteroatoms. The molecule has 0 aliphatic carbocycles. The van der Waals surface area contributed by atoms with Crippen molar-refractivity contribution >= 4 is 17.8 Å². The van der Waals surface area contributed by atoms with E-state index in [9.17, 15) is 4.79 Å². The Morgan fingerprint density at radius 1 is 1.24 bits per heavy atom. The number of hydrogen-bond acceptors (Lipinski definition) is 7. The zero-order chi connectivity index (χ0) is 20.5. The van der Waals surface area contributed by atoms with Gasteiger partial charge in [-0.05, 0) is 49.6 Å². The number of nitrogens with zero attached hydrogens (tertiary/aromatic N) is 4. The highest BCUT2D eigenvalue weighted by atomic mass is 16.6. The molecule has 29 heavy (non-hydrogen) atoms. The second-order valence-electron chi connectivity index (χ2n) is 6.29. The van der Waals surface area contributed by atoms with Gasteiger partial charge in [0.25, 0.3) is 5.91 Å². The van der Waals surface area contributed by atoms with Gasteiger partial charge in [0.1, 0.15) is 5.75 Å². The van der Waals surface area contributed by atoms with E-state index in [1.165, 1.54) is 5.01 Å². The molecule has 0 saturated heterocycles. The SMILES string of the molecule is CC/C=N/OCC(=O)N1CCCC(c2ccc(OC)c(Oc3ccncc3)c2)=N1. The summed E-state index contributed by atoms with van der Waals surface area (Å²) in [6.07, 6.45) is 7.26. The molecule has 1 amide bonds. The molecule has 0 radical (unpaired) electrons. The van der Waals surface area contributed by atoms with Gasteiger partial charge in [-0.15, -0.1) is 0 Å². The van der Waals surface area contributed by atoms with Gasteiger partial charge in [0.05, 0.1) is 12.8 Å². The standard InChI is InChI=1S/C21H24N4O4/c1-3-10-23-28-15-21(26)25-13-4-5-18(24-25)16-6-7-19(27-2)20(14-16)29-17-8-11-22-12-9-17/h6-12,14H,3-5,13,15H2,1-2H3/b23-10+. The molecular formula is C21H24N4O4. The van der Waals surface area contributed by atoms with E-state index in [0.717, 1.165) is 30.5 Å². The minimum atomic E-state index is -0.225. The number of oxime groups is 1. The van der Waals surface area contributed by atoms with Gasteiger partial charge in [0.2, 0.25) is 0 Å². The Morgan fingerprint density at radius 3 is 2.83 bits per heavy atom. The van der Waals surface area contributed by atoms with Crippen LogP contribution in [0.4, 0.5) is 0 Å². The normalized spacial score (nSPS) is 13.9. The summed E-state index contributed by atoms with van der Waals surface area (Å²) in [6.45, 7) is 2.36. The van der Waals surface area contributed by atoms with E-state index in [-0.39, 0.29) is 12.5 Å². The minimum Gasteiger partial charge on any atom is -0.493 e. The molecule has 1 aliphatic rings. The van der Waals surface area contributed by atoms with Gasteiger partial charge < -0.3 is 14.3 Å². The van der Waals surface area contributed by atoms with Crippen molar-refractivity contribution in [3.8, 4) is 17.2 Å². The summed E-state index contributed by atoms with van der Waals surface area (Å²) in [5, 5.41) is 9.67. The van der Waals surface area contributed by atoms with Crippen LogP contribution in [0.5, 0.6) is 17.2 Å². The maximum Gasteiger partial charge on any atom is 0.283 e. The third kappa shape index (κ3) is 5.54. The number of rotatable bonds is 8. The lowest BCUT2D eigenvalue weighted by atomic mass is 10.0. The van der Waals surface area contributed by atoms with Gasteiger partial charge in [-0.1, -0.05) is 12.1 Å². The molecular weight excluding hydrogens is 372 g/mol. The topological polar surface area (TPSA) is 85.6 Å². The summed E-state index contributed by atoms with van der Waals surface area (Å²) < 4.78 is 11.4. The smallest absolute Gasteiger partial charge is 0.283 e. The predicted molar refractivity (Wildman–Crippen MR) is 110 cm³/mol. The summed E-state index contributed by atoms with van der Waals surface area (Å²) in [7, 11) is 1.59. The molecule has 3 rings (SSSR count). The van der Waals surface area contributed by atoms with Crippen LogP contribution in [0, 0.1) is 0 Å². The summed E-state index contributed by atoms with van der Waals surface area (Å²) >= 11 is 0. The number of carbonyl (C=O) groups is 1. The summed E-state index contributed by atoms with van der Waals surface area (Å²) in [5.41, 5.74) is 1.68. The number of amides is 1. The summed E-state index contributed by atoms with van der Waals surface area (Å²) in [5.74, 6) is 1.61. The Bertz CT molecular complexity index is 884. The molecule has 0 N–H and O–H groups in total. The number of hydrazone groups is 1. The maximum absolute atomic E-state index is 12.3. The van der Waals surface area contributed by atoms with Crippen LogP contribution in [0.1, 0.15) is 31.7 Å². The molecule has 2 heterocycles. The van der Waals surface area contributed by atoms with E-state index in [2.05, 4.69) is 15.2 Å². The third-order valence-electron chi connectivity index (χ3n) is 4.21. The van der Waals surface area contributed by atoms with Crippen molar-refractivity contribution in [2.24, 2.45) is 10.3 Å². The Kier molecular flexibility index (Phi) is 7.16. The quantitative estimate of drug-likeness (QED) is 0.502. The van der Waals surface area contributed by atoms with E-state index < -0.39 is 0 Å². The van der Waals surface area contributed by atoms with E-state index >= 15 is 0 Å². The van der Waals surface area contributed by atoms with E-state index in [4.69, 9.17) is 14.3 Å². The van der Waals surface area contributed by atoms with Crippen LogP contribution in [0.25, 0.3) is 0 Å². The fourth-order valence-corrected chi connectivity index (χ4v) is 2.79. The average molecular weight is 396 g/mol. The number of aromatic nitrogens is 1. The van der Waals surface area contributed by atoms with Crippen LogP contribution < -0.4 is 9.47 Å². The first-order valence-electron chi connectivity index (χ1n) is 9.49. The van der Waals surface area contributed by atoms with E-state index in [1.54, 1.807) is 37.9 Å². The number of carbonyl (C=O) groups excluding carboxylic acids is 1. The molecule has 0 fully saturated rings. The van der Waals surface area contributed by atoms with Crippen molar-refractivity contribution < 1.29 is 19.1 Å². The van der Waals surface area contributed by atoms with E-state index in [1.807, 2.05) is 25.1 Å². The molecule has 8 nitrogen and oxygen atoms in total. The maximum atomic E-state index is 12.3. The highest BCUT2D eigenvalue weighted by Gasteiger charge is 2.21. The Labute approximate surface area is 169 Å². The highest BCUT2D eigenvalue weighted by molar-refractivity contribution is 6.02. The zero-order valence-electron chi connectivity index (χ0n) is 16.6. The Hall–Kier alpha value is -3.42. The first-order chi connectivity index (χ1) is 14.2. The van der Waals surface area contributed by atoms with Gasteiger partial charge >= 0.3 is 0 Å². The first kappa shape index (κ1) is 20.3. The Morgan fingerprint density at radius 2 is 2.07 bits per heavy atom. The fourth-order valence-electron chi connectivity index (χ4n) is 2.79. The molecule has 1 aromatic heterocycles. The molecule has 1 aromatic carbocycles. The number of hydrogen-bond donors (Lipinski definition) is 0.